The summed E-state index contributed by atoms with van der Waals surface area (Å²) in [6.07, 6.45) is 1.18. The minimum atomic E-state index is -0.631. The molecule has 0 saturated carbocycles. The van der Waals surface area contributed by atoms with Crippen LogP contribution >= 0.6 is 23.4 Å². The molecule has 0 amide bonds. The van der Waals surface area contributed by atoms with E-state index in [0.29, 0.717) is 15.5 Å². The number of nitrogens with zero attached hydrogens (tertiary/aromatic N) is 1. The molecule has 0 unspecified atom stereocenters. The first-order valence-corrected chi connectivity index (χ1v) is 8.32. The van der Waals surface area contributed by atoms with Crippen molar-refractivity contribution in [1.29, 1.82) is 0 Å². The highest BCUT2D eigenvalue weighted by atomic mass is 35.5. The monoisotopic (exact) mass is 351 g/mol. The predicted molar refractivity (Wildman–Crippen MR) is 90.2 cm³/mol. The summed E-state index contributed by atoms with van der Waals surface area (Å²) in [5, 5.41) is 11.6. The maximum absolute atomic E-state index is 12.2. The molecule has 5 nitrogen and oxygen atoms in total. The number of carbonyl (C=O) groups is 1. The van der Waals surface area contributed by atoms with Crippen LogP contribution < -0.4 is 0 Å². The van der Waals surface area contributed by atoms with Gasteiger partial charge in [0, 0.05) is 16.7 Å². The van der Waals surface area contributed by atoms with Crippen LogP contribution in [0.25, 0.3) is 0 Å². The lowest BCUT2D eigenvalue weighted by Crippen LogP contribution is -2.10. The zero-order valence-electron chi connectivity index (χ0n) is 12.5. The van der Waals surface area contributed by atoms with Crippen LogP contribution in [0.1, 0.15) is 28.9 Å². The summed E-state index contributed by atoms with van der Waals surface area (Å²) in [4.78, 5) is 23.3. The highest BCUT2D eigenvalue weighted by molar-refractivity contribution is 7.98. The first-order chi connectivity index (χ1) is 10.9. The van der Waals surface area contributed by atoms with Crippen molar-refractivity contribution in [3.8, 4) is 0 Å². The second-order valence-electron chi connectivity index (χ2n) is 4.71. The van der Waals surface area contributed by atoms with Gasteiger partial charge in [-0.1, -0.05) is 29.8 Å². The zero-order valence-corrected chi connectivity index (χ0v) is 14.1. The Hall–Kier alpha value is -2.05. The average molecular weight is 352 g/mol. The Morgan fingerprint density at radius 2 is 2.00 bits per heavy atom. The standard InChI is InChI=1S/C16H14ClNO4S/c1-10(12-5-3-4-6-13(12)17)22-16(19)11-7-8-15(23-2)14(9-11)18(20)21/h3-10H,1-2H3/t10-/m0/s1. The van der Waals surface area contributed by atoms with E-state index in [0.717, 1.165) is 0 Å². The van der Waals surface area contributed by atoms with Crippen LogP contribution in [0.4, 0.5) is 5.69 Å². The molecule has 0 bridgehead atoms. The van der Waals surface area contributed by atoms with E-state index in [1.54, 1.807) is 43.5 Å². The van der Waals surface area contributed by atoms with E-state index in [2.05, 4.69) is 0 Å². The lowest BCUT2D eigenvalue weighted by atomic mass is 10.1. The molecule has 0 aromatic heterocycles. The first kappa shape index (κ1) is 17.3. The SMILES string of the molecule is CSc1ccc(C(=O)O[C@@H](C)c2ccccc2Cl)cc1[N+](=O)[O-]. The molecule has 2 aromatic rings. The maximum Gasteiger partial charge on any atom is 0.338 e. The molecule has 7 heteroatoms. The molecule has 0 N–H and O–H groups in total. The summed E-state index contributed by atoms with van der Waals surface area (Å²) in [7, 11) is 0. The van der Waals surface area contributed by atoms with Gasteiger partial charge in [-0.25, -0.2) is 4.79 Å². The van der Waals surface area contributed by atoms with E-state index in [1.165, 1.54) is 23.9 Å². The highest BCUT2D eigenvalue weighted by Crippen LogP contribution is 2.30. The largest absolute Gasteiger partial charge is 0.454 e. The maximum atomic E-state index is 12.2. The molecule has 2 rings (SSSR count). The van der Waals surface area contributed by atoms with Crippen LogP contribution in [0.3, 0.4) is 0 Å². The van der Waals surface area contributed by atoms with Gasteiger partial charge in [0.2, 0.25) is 0 Å². The average Bonchev–Trinajstić information content (AvgIpc) is 2.54. The fourth-order valence-electron chi connectivity index (χ4n) is 2.06. The van der Waals surface area contributed by atoms with E-state index in [-0.39, 0.29) is 11.3 Å². The van der Waals surface area contributed by atoms with Crippen molar-refractivity contribution in [3.63, 3.8) is 0 Å². The molecule has 23 heavy (non-hydrogen) atoms. The van der Waals surface area contributed by atoms with Gasteiger partial charge in [-0.05, 0) is 31.4 Å². The number of nitro groups is 1. The van der Waals surface area contributed by atoms with Gasteiger partial charge in [0.05, 0.1) is 15.4 Å². The van der Waals surface area contributed by atoms with Crippen molar-refractivity contribution in [3.05, 3.63) is 68.7 Å². The molecule has 0 aliphatic heterocycles. The van der Waals surface area contributed by atoms with Crippen LogP contribution in [-0.4, -0.2) is 17.1 Å². The minimum Gasteiger partial charge on any atom is -0.454 e. The predicted octanol–water partition coefficient (Wildman–Crippen LogP) is 4.89. The number of carbonyl (C=O) groups excluding carboxylic acids is 1. The quantitative estimate of drug-likeness (QED) is 0.332. The second kappa shape index (κ2) is 7.48. The van der Waals surface area contributed by atoms with Gasteiger partial charge in [0.1, 0.15) is 6.10 Å². The minimum absolute atomic E-state index is 0.114. The van der Waals surface area contributed by atoms with Gasteiger partial charge in [0.25, 0.3) is 5.69 Å². The van der Waals surface area contributed by atoms with Gasteiger partial charge in [0.15, 0.2) is 0 Å². The van der Waals surface area contributed by atoms with Crippen LogP contribution in [0.5, 0.6) is 0 Å². The molecule has 2 aromatic carbocycles. The van der Waals surface area contributed by atoms with Crippen LogP contribution in [0.2, 0.25) is 5.02 Å². The number of benzene rings is 2. The van der Waals surface area contributed by atoms with Crippen molar-refractivity contribution >= 4 is 35.0 Å². The number of halogens is 1. The summed E-state index contributed by atoms with van der Waals surface area (Å²) in [5.41, 5.74) is 0.698. The van der Waals surface area contributed by atoms with E-state index in [9.17, 15) is 14.9 Å². The van der Waals surface area contributed by atoms with Crippen LogP contribution in [0.15, 0.2) is 47.4 Å². The molecule has 120 valence electrons. The van der Waals surface area contributed by atoms with Gasteiger partial charge < -0.3 is 4.74 Å². The summed E-state index contributed by atoms with van der Waals surface area (Å²) in [5.74, 6) is -0.631. The fraction of sp³-hybridized carbons (Fsp3) is 0.188. The third kappa shape index (κ3) is 4.03. The summed E-state index contributed by atoms with van der Waals surface area (Å²) in [6.45, 7) is 1.70. The Morgan fingerprint density at radius 3 is 2.61 bits per heavy atom. The Kier molecular flexibility index (Phi) is 5.63. The van der Waals surface area contributed by atoms with Crippen molar-refractivity contribution in [2.24, 2.45) is 0 Å². The third-order valence-electron chi connectivity index (χ3n) is 3.24. The van der Waals surface area contributed by atoms with Gasteiger partial charge >= 0.3 is 5.97 Å². The van der Waals surface area contributed by atoms with E-state index >= 15 is 0 Å². The molecular formula is C16H14ClNO4S. The molecule has 0 radical (unpaired) electrons. The van der Waals surface area contributed by atoms with E-state index in [4.69, 9.17) is 16.3 Å². The lowest BCUT2D eigenvalue weighted by Gasteiger charge is -2.15. The molecule has 0 heterocycles. The zero-order chi connectivity index (χ0) is 17.0. The Morgan fingerprint density at radius 1 is 1.30 bits per heavy atom. The number of rotatable bonds is 5. The number of thioether (sulfide) groups is 1. The molecule has 0 aliphatic rings. The molecule has 0 aliphatic carbocycles. The third-order valence-corrected chi connectivity index (χ3v) is 4.37. The van der Waals surface area contributed by atoms with Crippen LogP contribution in [-0.2, 0) is 4.74 Å². The van der Waals surface area contributed by atoms with E-state index in [1.807, 2.05) is 0 Å². The Bertz CT molecular complexity index is 751. The smallest absolute Gasteiger partial charge is 0.338 e. The van der Waals surface area contributed by atoms with Crippen molar-refractivity contribution < 1.29 is 14.5 Å². The first-order valence-electron chi connectivity index (χ1n) is 6.72. The van der Waals surface area contributed by atoms with Crippen molar-refractivity contribution in [1.82, 2.24) is 0 Å². The second-order valence-corrected chi connectivity index (χ2v) is 5.97. The lowest BCUT2D eigenvalue weighted by molar-refractivity contribution is -0.387. The Labute approximate surface area is 142 Å². The number of nitro benzene ring substituents is 1. The fourth-order valence-corrected chi connectivity index (χ4v) is 2.89. The van der Waals surface area contributed by atoms with Gasteiger partial charge in [-0.3, -0.25) is 10.1 Å². The molecule has 0 saturated heterocycles. The summed E-state index contributed by atoms with van der Waals surface area (Å²) >= 11 is 7.32. The molecular weight excluding hydrogens is 338 g/mol. The molecule has 0 spiro atoms. The topological polar surface area (TPSA) is 69.4 Å². The molecule has 1 atom stereocenters. The van der Waals surface area contributed by atoms with E-state index < -0.39 is 17.0 Å². The van der Waals surface area contributed by atoms with Crippen LogP contribution in [0, 0.1) is 10.1 Å². The number of ether oxygens (including phenoxy) is 1. The number of hydrogen-bond donors (Lipinski definition) is 0. The number of hydrogen-bond acceptors (Lipinski definition) is 5. The molecule has 0 fully saturated rings. The van der Waals surface area contributed by atoms with Crippen molar-refractivity contribution in [2.75, 3.05) is 6.26 Å². The van der Waals surface area contributed by atoms with Gasteiger partial charge in [-0.2, -0.15) is 0 Å². The summed E-state index contributed by atoms with van der Waals surface area (Å²) < 4.78 is 5.36. The van der Waals surface area contributed by atoms with Crippen molar-refractivity contribution in [2.45, 2.75) is 17.9 Å². The normalized spacial score (nSPS) is 11.8. The Balaban J connectivity index is 2.22. The highest BCUT2D eigenvalue weighted by Gasteiger charge is 2.20. The van der Waals surface area contributed by atoms with Gasteiger partial charge in [-0.15, -0.1) is 11.8 Å². The summed E-state index contributed by atoms with van der Waals surface area (Å²) in [6, 6.07) is 11.3. The number of esters is 1.